The SMILES string of the molecule is Cc1nc(Br)ccc1NC(=O)c1ccc(Cl)cc1Br. The second-order valence-electron chi connectivity index (χ2n) is 3.85. The minimum Gasteiger partial charge on any atom is -0.320 e. The van der Waals surface area contributed by atoms with Crippen LogP contribution in [0.1, 0.15) is 16.1 Å². The Morgan fingerprint density at radius 3 is 2.63 bits per heavy atom. The summed E-state index contributed by atoms with van der Waals surface area (Å²) in [6, 6.07) is 8.61. The predicted octanol–water partition coefficient (Wildman–Crippen LogP) is 4.82. The van der Waals surface area contributed by atoms with Gasteiger partial charge in [0.25, 0.3) is 5.91 Å². The van der Waals surface area contributed by atoms with E-state index < -0.39 is 0 Å². The molecule has 19 heavy (non-hydrogen) atoms. The number of carbonyl (C=O) groups excluding carboxylic acids is 1. The summed E-state index contributed by atoms with van der Waals surface area (Å²) < 4.78 is 1.39. The number of halogens is 3. The van der Waals surface area contributed by atoms with Crippen molar-refractivity contribution in [3.05, 3.63) is 55.7 Å². The van der Waals surface area contributed by atoms with E-state index in [1.165, 1.54) is 0 Å². The lowest BCUT2D eigenvalue weighted by molar-refractivity contribution is 0.102. The molecular formula is C13H9Br2ClN2O. The van der Waals surface area contributed by atoms with E-state index in [4.69, 9.17) is 11.6 Å². The number of nitrogens with zero attached hydrogens (tertiary/aromatic N) is 1. The van der Waals surface area contributed by atoms with Gasteiger partial charge in [0.1, 0.15) is 4.60 Å². The Bertz CT molecular complexity index is 647. The Morgan fingerprint density at radius 2 is 2.00 bits per heavy atom. The highest BCUT2D eigenvalue weighted by Gasteiger charge is 2.12. The van der Waals surface area contributed by atoms with E-state index in [0.717, 1.165) is 10.3 Å². The van der Waals surface area contributed by atoms with E-state index in [0.29, 0.717) is 20.7 Å². The van der Waals surface area contributed by atoms with E-state index in [1.54, 1.807) is 30.3 Å². The molecule has 1 aromatic heterocycles. The van der Waals surface area contributed by atoms with Gasteiger partial charge in [-0.1, -0.05) is 11.6 Å². The van der Waals surface area contributed by atoms with Crippen LogP contribution in [0.4, 0.5) is 5.69 Å². The average molecular weight is 404 g/mol. The largest absolute Gasteiger partial charge is 0.320 e. The lowest BCUT2D eigenvalue weighted by Gasteiger charge is -2.09. The third-order valence-electron chi connectivity index (χ3n) is 2.48. The van der Waals surface area contributed by atoms with Crippen LogP contribution in [0.2, 0.25) is 5.02 Å². The minimum atomic E-state index is -0.212. The summed E-state index contributed by atoms with van der Waals surface area (Å²) in [4.78, 5) is 16.4. The summed E-state index contributed by atoms with van der Waals surface area (Å²) >= 11 is 12.5. The van der Waals surface area contributed by atoms with Gasteiger partial charge in [-0.15, -0.1) is 0 Å². The van der Waals surface area contributed by atoms with Gasteiger partial charge < -0.3 is 5.32 Å². The van der Waals surface area contributed by atoms with Crippen LogP contribution in [0.5, 0.6) is 0 Å². The first kappa shape index (κ1) is 14.5. The number of aryl methyl sites for hydroxylation is 1. The fourth-order valence-corrected chi connectivity index (χ4v) is 2.79. The Balaban J connectivity index is 2.25. The molecule has 0 unspecified atom stereocenters. The van der Waals surface area contributed by atoms with Gasteiger partial charge in [-0.2, -0.15) is 0 Å². The lowest BCUT2D eigenvalue weighted by atomic mass is 10.2. The highest BCUT2D eigenvalue weighted by Crippen LogP contribution is 2.23. The zero-order chi connectivity index (χ0) is 14.0. The molecule has 1 N–H and O–H groups in total. The van der Waals surface area contributed by atoms with Crippen molar-refractivity contribution in [1.29, 1.82) is 0 Å². The summed E-state index contributed by atoms with van der Waals surface area (Å²) in [6.07, 6.45) is 0. The molecule has 0 fully saturated rings. The Kier molecular flexibility index (Phi) is 4.60. The van der Waals surface area contributed by atoms with Gasteiger partial charge in [0.15, 0.2) is 0 Å². The standard InChI is InChI=1S/C13H9Br2ClN2O/c1-7-11(4-5-12(15)17-7)18-13(19)9-3-2-8(16)6-10(9)14/h2-6H,1H3,(H,18,19). The molecule has 0 aliphatic rings. The van der Waals surface area contributed by atoms with E-state index in [1.807, 2.05) is 6.92 Å². The molecule has 0 spiro atoms. The fraction of sp³-hybridized carbons (Fsp3) is 0.0769. The first-order chi connectivity index (χ1) is 8.97. The fourth-order valence-electron chi connectivity index (χ4n) is 1.53. The number of hydrogen-bond acceptors (Lipinski definition) is 2. The Morgan fingerprint density at radius 1 is 1.26 bits per heavy atom. The minimum absolute atomic E-state index is 0.212. The normalized spacial score (nSPS) is 10.3. The van der Waals surface area contributed by atoms with Crippen molar-refractivity contribution in [3.8, 4) is 0 Å². The van der Waals surface area contributed by atoms with Crippen molar-refractivity contribution in [2.75, 3.05) is 5.32 Å². The van der Waals surface area contributed by atoms with E-state index in [2.05, 4.69) is 42.2 Å². The second-order valence-corrected chi connectivity index (χ2v) is 5.95. The number of pyridine rings is 1. The van der Waals surface area contributed by atoms with Crippen molar-refractivity contribution in [1.82, 2.24) is 4.98 Å². The van der Waals surface area contributed by atoms with Gasteiger partial charge >= 0.3 is 0 Å². The maximum absolute atomic E-state index is 12.2. The van der Waals surface area contributed by atoms with Gasteiger partial charge in [-0.25, -0.2) is 4.98 Å². The number of nitrogens with one attached hydrogen (secondary N) is 1. The van der Waals surface area contributed by atoms with E-state index >= 15 is 0 Å². The molecule has 0 atom stereocenters. The van der Waals surface area contributed by atoms with Crippen molar-refractivity contribution in [3.63, 3.8) is 0 Å². The zero-order valence-corrected chi connectivity index (χ0v) is 13.8. The molecular weight excluding hydrogens is 395 g/mol. The maximum Gasteiger partial charge on any atom is 0.256 e. The molecule has 0 bridgehead atoms. The molecule has 1 amide bonds. The van der Waals surface area contributed by atoms with Gasteiger partial charge in [0, 0.05) is 9.50 Å². The number of hydrogen-bond donors (Lipinski definition) is 1. The molecule has 2 rings (SSSR count). The van der Waals surface area contributed by atoms with Crippen molar-refractivity contribution in [2.45, 2.75) is 6.92 Å². The number of carbonyl (C=O) groups is 1. The highest BCUT2D eigenvalue weighted by molar-refractivity contribution is 9.10. The number of amides is 1. The molecule has 0 aliphatic heterocycles. The first-order valence-corrected chi connectivity index (χ1v) is 7.33. The molecule has 98 valence electrons. The summed E-state index contributed by atoms with van der Waals surface area (Å²) in [7, 11) is 0. The number of aromatic nitrogens is 1. The molecule has 0 aliphatic carbocycles. The molecule has 0 saturated heterocycles. The van der Waals surface area contributed by atoms with Crippen LogP contribution in [0.15, 0.2) is 39.4 Å². The van der Waals surface area contributed by atoms with Crippen LogP contribution in [0.3, 0.4) is 0 Å². The Hall–Kier alpha value is -0.910. The molecule has 6 heteroatoms. The lowest BCUT2D eigenvalue weighted by Crippen LogP contribution is -2.13. The van der Waals surface area contributed by atoms with E-state index in [-0.39, 0.29) is 5.91 Å². The average Bonchev–Trinajstić information content (AvgIpc) is 2.32. The topological polar surface area (TPSA) is 42.0 Å². The molecule has 3 nitrogen and oxygen atoms in total. The maximum atomic E-state index is 12.2. The molecule has 0 saturated carbocycles. The molecule has 1 heterocycles. The van der Waals surface area contributed by atoms with Gasteiger partial charge in [0.05, 0.1) is 16.9 Å². The second kappa shape index (κ2) is 6.03. The Labute approximate surface area is 132 Å². The van der Waals surface area contributed by atoms with E-state index in [9.17, 15) is 4.79 Å². The van der Waals surface area contributed by atoms with Crippen LogP contribution >= 0.6 is 43.5 Å². The van der Waals surface area contributed by atoms with Crippen LogP contribution in [-0.2, 0) is 0 Å². The van der Waals surface area contributed by atoms with Crippen molar-refractivity contribution >= 4 is 55.1 Å². The quantitative estimate of drug-likeness (QED) is 0.729. The smallest absolute Gasteiger partial charge is 0.256 e. The van der Waals surface area contributed by atoms with Gasteiger partial charge in [0.2, 0.25) is 0 Å². The summed E-state index contributed by atoms with van der Waals surface area (Å²) in [5, 5.41) is 3.39. The third kappa shape index (κ3) is 3.55. The molecule has 1 aromatic carbocycles. The monoisotopic (exact) mass is 402 g/mol. The highest BCUT2D eigenvalue weighted by atomic mass is 79.9. The molecule has 0 radical (unpaired) electrons. The van der Waals surface area contributed by atoms with Crippen LogP contribution in [-0.4, -0.2) is 10.9 Å². The van der Waals surface area contributed by atoms with Gasteiger partial charge in [-0.3, -0.25) is 4.79 Å². The number of anilines is 1. The van der Waals surface area contributed by atoms with Crippen molar-refractivity contribution in [2.24, 2.45) is 0 Å². The predicted molar refractivity (Wildman–Crippen MR) is 83.8 cm³/mol. The van der Waals surface area contributed by atoms with Crippen LogP contribution in [0, 0.1) is 6.92 Å². The van der Waals surface area contributed by atoms with Gasteiger partial charge in [-0.05, 0) is 69.1 Å². The van der Waals surface area contributed by atoms with Crippen molar-refractivity contribution < 1.29 is 4.79 Å². The van der Waals surface area contributed by atoms with Crippen LogP contribution in [0.25, 0.3) is 0 Å². The summed E-state index contributed by atoms with van der Waals surface area (Å²) in [5.74, 6) is -0.212. The number of benzene rings is 1. The zero-order valence-electron chi connectivity index (χ0n) is 9.88. The third-order valence-corrected chi connectivity index (χ3v) is 3.81. The van der Waals surface area contributed by atoms with Crippen LogP contribution < -0.4 is 5.32 Å². The summed E-state index contributed by atoms with van der Waals surface area (Å²) in [6.45, 7) is 1.83. The molecule has 2 aromatic rings. The number of rotatable bonds is 2. The summed E-state index contributed by atoms with van der Waals surface area (Å²) in [5.41, 5.74) is 1.94. The first-order valence-electron chi connectivity index (χ1n) is 5.37.